The molecule has 4 heteroatoms. The molecular formula is C38H76N2O2. The van der Waals surface area contributed by atoms with Crippen LogP contribution in [0.5, 0.6) is 0 Å². The minimum atomic E-state index is 0.00302. The third-order valence-electron chi connectivity index (χ3n) is 8.96. The first-order chi connectivity index (χ1) is 20.3. The van der Waals surface area contributed by atoms with Gasteiger partial charge in [-0.25, -0.2) is 0 Å². The summed E-state index contributed by atoms with van der Waals surface area (Å²) >= 11 is 0. The molecule has 0 radical (unpaired) electrons. The van der Waals surface area contributed by atoms with E-state index in [1.165, 1.54) is 109 Å². The highest BCUT2D eigenvalue weighted by molar-refractivity contribution is 5.69. The van der Waals surface area contributed by atoms with Gasteiger partial charge in [0.15, 0.2) is 0 Å². The van der Waals surface area contributed by atoms with E-state index in [0.29, 0.717) is 36.8 Å². The minimum absolute atomic E-state index is 0.00302. The van der Waals surface area contributed by atoms with Crippen LogP contribution in [0.15, 0.2) is 12.2 Å². The molecule has 4 nitrogen and oxygen atoms in total. The zero-order chi connectivity index (χ0) is 31.3. The highest BCUT2D eigenvalue weighted by atomic mass is 16.5. The molecule has 0 saturated carbocycles. The lowest BCUT2D eigenvalue weighted by atomic mass is 9.89. The molecule has 0 saturated heterocycles. The maximum Gasteiger partial charge on any atom is 0.305 e. The van der Waals surface area contributed by atoms with E-state index >= 15 is 0 Å². The normalized spacial score (nSPS) is 13.6. The molecule has 0 heterocycles. The predicted octanol–water partition coefficient (Wildman–Crippen LogP) is 10.7. The number of carbonyl (C=O) groups excluding carboxylic acids is 1. The fourth-order valence-electron chi connectivity index (χ4n) is 5.60. The third kappa shape index (κ3) is 27.9. The average Bonchev–Trinajstić information content (AvgIpc) is 2.96. The van der Waals surface area contributed by atoms with Gasteiger partial charge in [-0.3, -0.25) is 4.79 Å². The van der Waals surface area contributed by atoms with E-state index < -0.39 is 0 Å². The van der Waals surface area contributed by atoms with Crippen LogP contribution in [0.1, 0.15) is 170 Å². The number of nitrogens with zero attached hydrogens (tertiary/aromatic N) is 1. The third-order valence-corrected chi connectivity index (χ3v) is 8.96. The Kier molecular flexibility index (Phi) is 29.5. The van der Waals surface area contributed by atoms with E-state index in [9.17, 15) is 4.79 Å². The van der Waals surface area contributed by atoms with Crippen molar-refractivity contribution in [2.24, 2.45) is 17.8 Å². The summed E-state index contributed by atoms with van der Waals surface area (Å²) in [6.07, 6.45) is 29.5. The van der Waals surface area contributed by atoms with Crippen molar-refractivity contribution in [1.82, 2.24) is 10.2 Å². The fourth-order valence-corrected chi connectivity index (χ4v) is 5.60. The molecule has 0 fully saturated rings. The number of allylic oxidation sites excluding steroid dienone is 2. The lowest BCUT2D eigenvalue weighted by Gasteiger charge is -2.21. The highest BCUT2D eigenvalue weighted by Gasteiger charge is 2.16. The predicted molar refractivity (Wildman–Crippen MR) is 186 cm³/mol. The van der Waals surface area contributed by atoms with Crippen LogP contribution < -0.4 is 5.32 Å². The molecule has 0 aromatic heterocycles. The van der Waals surface area contributed by atoms with Crippen molar-refractivity contribution in [3.8, 4) is 0 Å². The summed E-state index contributed by atoms with van der Waals surface area (Å²) in [4.78, 5) is 14.7. The molecule has 0 aliphatic rings. The lowest BCUT2D eigenvalue weighted by molar-refractivity contribution is -0.145. The Balaban J connectivity index is 4.01. The van der Waals surface area contributed by atoms with Gasteiger partial charge in [0.1, 0.15) is 0 Å². The molecule has 0 aliphatic carbocycles. The maximum absolute atomic E-state index is 12.2. The second-order valence-electron chi connectivity index (χ2n) is 13.8. The van der Waals surface area contributed by atoms with Crippen LogP contribution in [-0.4, -0.2) is 50.2 Å². The first kappa shape index (κ1) is 41.1. The van der Waals surface area contributed by atoms with Gasteiger partial charge in [-0.15, -0.1) is 0 Å². The first-order valence-electron chi connectivity index (χ1n) is 18.5. The Morgan fingerprint density at radius 2 is 1.36 bits per heavy atom. The Morgan fingerprint density at radius 3 is 2.00 bits per heavy atom. The molecule has 250 valence electrons. The summed E-state index contributed by atoms with van der Waals surface area (Å²) < 4.78 is 5.65. The summed E-state index contributed by atoms with van der Waals surface area (Å²) in [6.45, 7) is 17.6. The van der Waals surface area contributed by atoms with E-state index in [2.05, 4.69) is 71.0 Å². The van der Waals surface area contributed by atoms with Crippen molar-refractivity contribution < 1.29 is 9.53 Å². The van der Waals surface area contributed by atoms with Gasteiger partial charge < -0.3 is 15.0 Å². The molecule has 0 spiro atoms. The van der Waals surface area contributed by atoms with Gasteiger partial charge in [0.2, 0.25) is 0 Å². The molecule has 42 heavy (non-hydrogen) atoms. The van der Waals surface area contributed by atoms with Crippen LogP contribution in [0.25, 0.3) is 0 Å². The lowest BCUT2D eigenvalue weighted by Crippen LogP contribution is -2.31. The second kappa shape index (κ2) is 30.2. The number of esters is 1. The van der Waals surface area contributed by atoms with E-state index in [0.717, 1.165) is 32.4 Å². The van der Waals surface area contributed by atoms with Gasteiger partial charge >= 0.3 is 5.97 Å². The highest BCUT2D eigenvalue weighted by Crippen LogP contribution is 2.21. The smallest absolute Gasteiger partial charge is 0.305 e. The number of ether oxygens (including phenoxy) is 1. The standard InChI is InChI=1S/C38H76N2O2/c1-8-10-11-12-13-14-15-16-17-19-22-26-37(27-25-32-40(7)9-2)39-31-24-21-18-20-23-28-38(41)42-33-36(35(5)6)30-29-34(3)4/h10-11,34-37,39H,8-9,12-33H2,1-7H3/b11-10-. The number of unbranched alkanes of at least 4 members (excludes halogenated alkanes) is 11. The Morgan fingerprint density at radius 1 is 0.738 bits per heavy atom. The van der Waals surface area contributed by atoms with Gasteiger partial charge in [-0.2, -0.15) is 0 Å². The molecule has 1 N–H and O–H groups in total. The monoisotopic (exact) mass is 593 g/mol. The van der Waals surface area contributed by atoms with Crippen molar-refractivity contribution >= 4 is 5.97 Å². The molecule has 2 unspecified atom stereocenters. The summed E-state index contributed by atoms with van der Waals surface area (Å²) in [5, 5.41) is 3.91. The van der Waals surface area contributed by atoms with Crippen molar-refractivity contribution in [2.45, 2.75) is 176 Å². The number of carbonyl (C=O) groups is 1. The number of hydrogen-bond acceptors (Lipinski definition) is 4. The summed E-state index contributed by atoms with van der Waals surface area (Å²) in [6, 6.07) is 0.672. The molecule has 0 bridgehead atoms. The molecule has 0 aliphatic heterocycles. The molecule has 2 atom stereocenters. The first-order valence-corrected chi connectivity index (χ1v) is 18.5. The molecule has 0 aromatic carbocycles. The van der Waals surface area contributed by atoms with Crippen LogP contribution in [-0.2, 0) is 9.53 Å². The Bertz CT molecular complexity index is 604. The van der Waals surface area contributed by atoms with Gasteiger partial charge in [0.25, 0.3) is 0 Å². The van der Waals surface area contributed by atoms with Gasteiger partial charge in [0, 0.05) is 12.5 Å². The van der Waals surface area contributed by atoms with E-state index in [4.69, 9.17) is 4.74 Å². The van der Waals surface area contributed by atoms with Crippen molar-refractivity contribution in [3.63, 3.8) is 0 Å². The molecule has 0 rings (SSSR count). The zero-order valence-electron chi connectivity index (χ0n) is 29.7. The van der Waals surface area contributed by atoms with Crippen molar-refractivity contribution in [3.05, 3.63) is 12.2 Å². The molecule has 0 amide bonds. The van der Waals surface area contributed by atoms with E-state index in [-0.39, 0.29) is 5.97 Å². The van der Waals surface area contributed by atoms with Crippen LogP contribution in [0.4, 0.5) is 0 Å². The van der Waals surface area contributed by atoms with Crippen LogP contribution in [0.2, 0.25) is 0 Å². The van der Waals surface area contributed by atoms with Crippen LogP contribution in [0, 0.1) is 17.8 Å². The maximum atomic E-state index is 12.2. The number of nitrogens with one attached hydrogen (secondary N) is 1. The van der Waals surface area contributed by atoms with Crippen LogP contribution >= 0.6 is 0 Å². The number of rotatable bonds is 31. The number of hydrogen-bond donors (Lipinski definition) is 1. The second-order valence-corrected chi connectivity index (χ2v) is 13.8. The minimum Gasteiger partial charge on any atom is -0.465 e. The van der Waals surface area contributed by atoms with Crippen LogP contribution in [0.3, 0.4) is 0 Å². The van der Waals surface area contributed by atoms with E-state index in [1.807, 2.05) is 0 Å². The fraction of sp³-hybridized carbons (Fsp3) is 0.921. The average molecular weight is 593 g/mol. The van der Waals surface area contributed by atoms with Gasteiger partial charge in [-0.05, 0) is 102 Å². The Labute approximate surface area is 264 Å². The quantitative estimate of drug-likeness (QED) is 0.0494. The molecular weight excluding hydrogens is 516 g/mol. The largest absolute Gasteiger partial charge is 0.465 e. The SMILES string of the molecule is CC/C=C\CCCCCCCCCC(CCCN(C)CC)NCCCCCCCC(=O)OCC(CCC(C)C)C(C)C. The zero-order valence-corrected chi connectivity index (χ0v) is 29.7. The van der Waals surface area contributed by atoms with Crippen molar-refractivity contribution in [2.75, 3.05) is 33.3 Å². The molecule has 0 aromatic rings. The summed E-state index contributed by atoms with van der Waals surface area (Å²) in [7, 11) is 2.23. The van der Waals surface area contributed by atoms with Gasteiger partial charge in [-0.1, -0.05) is 118 Å². The van der Waals surface area contributed by atoms with E-state index in [1.54, 1.807) is 0 Å². The topological polar surface area (TPSA) is 41.6 Å². The van der Waals surface area contributed by atoms with Gasteiger partial charge in [0.05, 0.1) is 6.61 Å². The summed E-state index contributed by atoms with van der Waals surface area (Å²) in [5.41, 5.74) is 0. The summed E-state index contributed by atoms with van der Waals surface area (Å²) in [5.74, 6) is 1.78. The Hall–Kier alpha value is -0.870. The van der Waals surface area contributed by atoms with Crippen molar-refractivity contribution in [1.29, 1.82) is 0 Å².